The topological polar surface area (TPSA) is 45.1 Å². The maximum absolute atomic E-state index is 10.3. The molecule has 2 atom stereocenters. The number of hydrogen-bond donors (Lipinski definition) is 2. The molecular formula is C16H26N2O. The Morgan fingerprint density at radius 1 is 1.26 bits per heavy atom. The van der Waals surface area contributed by atoms with E-state index in [1.54, 1.807) is 0 Å². The second-order valence-electron chi connectivity index (χ2n) is 6.39. The van der Waals surface area contributed by atoms with E-state index < -0.39 is 0 Å². The van der Waals surface area contributed by atoms with E-state index in [1.165, 1.54) is 5.56 Å². The number of aromatic nitrogens is 1. The van der Waals surface area contributed by atoms with Crippen molar-refractivity contribution in [2.45, 2.75) is 52.2 Å². The van der Waals surface area contributed by atoms with Crippen molar-refractivity contribution in [1.82, 2.24) is 10.3 Å². The Morgan fingerprint density at radius 3 is 2.42 bits per heavy atom. The molecule has 3 heteroatoms. The van der Waals surface area contributed by atoms with E-state index in [9.17, 15) is 5.11 Å². The smallest absolute Gasteiger partial charge is 0.0631 e. The molecule has 1 aliphatic carbocycles. The van der Waals surface area contributed by atoms with Crippen LogP contribution in [0.25, 0.3) is 0 Å². The van der Waals surface area contributed by atoms with Crippen LogP contribution in [0, 0.1) is 11.3 Å². The number of aliphatic hydroxyl groups excluding tert-OH is 1. The predicted octanol–water partition coefficient (Wildman–Crippen LogP) is 2.40. The Balaban J connectivity index is 1.79. The largest absolute Gasteiger partial charge is 0.392 e. The van der Waals surface area contributed by atoms with Gasteiger partial charge in [0, 0.05) is 30.4 Å². The van der Waals surface area contributed by atoms with Crippen LogP contribution < -0.4 is 5.32 Å². The highest BCUT2D eigenvalue weighted by Crippen LogP contribution is 2.50. The number of hydrogen-bond acceptors (Lipinski definition) is 3. The average Bonchev–Trinajstić information content (AvgIpc) is 3.18. The molecule has 0 spiro atoms. The fraction of sp³-hybridized carbons (Fsp3) is 0.688. The lowest BCUT2D eigenvalue weighted by Gasteiger charge is -2.27. The van der Waals surface area contributed by atoms with Gasteiger partial charge in [-0.25, -0.2) is 0 Å². The van der Waals surface area contributed by atoms with Crippen LogP contribution in [0.4, 0.5) is 0 Å². The molecule has 1 aromatic rings. The van der Waals surface area contributed by atoms with Gasteiger partial charge in [-0.05, 0) is 49.8 Å². The molecule has 0 aliphatic heterocycles. The summed E-state index contributed by atoms with van der Waals surface area (Å²) in [5.41, 5.74) is 1.45. The van der Waals surface area contributed by atoms with Gasteiger partial charge in [0.25, 0.3) is 0 Å². The monoisotopic (exact) mass is 262 g/mol. The minimum atomic E-state index is -0.173. The maximum atomic E-state index is 10.3. The number of nitrogens with one attached hydrogen (secondary N) is 1. The van der Waals surface area contributed by atoms with Crippen LogP contribution in [0.3, 0.4) is 0 Å². The second kappa shape index (κ2) is 6.02. The third-order valence-corrected chi connectivity index (χ3v) is 4.24. The Morgan fingerprint density at radius 2 is 1.89 bits per heavy atom. The predicted molar refractivity (Wildman–Crippen MR) is 77.9 cm³/mol. The van der Waals surface area contributed by atoms with Gasteiger partial charge in [-0.1, -0.05) is 13.8 Å². The third-order valence-electron chi connectivity index (χ3n) is 4.24. The van der Waals surface area contributed by atoms with E-state index in [-0.39, 0.29) is 11.5 Å². The zero-order valence-electron chi connectivity index (χ0n) is 12.3. The Kier molecular flexibility index (Phi) is 4.58. The van der Waals surface area contributed by atoms with Gasteiger partial charge in [-0.2, -0.15) is 0 Å². The summed E-state index contributed by atoms with van der Waals surface area (Å²) >= 11 is 0. The fourth-order valence-electron chi connectivity index (χ4n) is 2.77. The molecule has 1 heterocycles. The molecule has 0 bridgehead atoms. The molecule has 1 aliphatic rings. The molecular weight excluding hydrogens is 236 g/mol. The van der Waals surface area contributed by atoms with Crippen molar-refractivity contribution in [1.29, 1.82) is 0 Å². The van der Waals surface area contributed by atoms with Crippen molar-refractivity contribution >= 4 is 0 Å². The Hall–Kier alpha value is -0.930. The number of pyridine rings is 1. The Bertz CT molecular complexity index is 387. The number of rotatable bonds is 7. The van der Waals surface area contributed by atoms with Crippen molar-refractivity contribution in [3.63, 3.8) is 0 Å². The highest BCUT2D eigenvalue weighted by Gasteiger charge is 2.49. The summed E-state index contributed by atoms with van der Waals surface area (Å²) in [6, 6.07) is 4.56. The second-order valence-corrected chi connectivity index (χ2v) is 6.39. The first-order chi connectivity index (χ1) is 9.03. The quantitative estimate of drug-likeness (QED) is 0.793. The summed E-state index contributed by atoms with van der Waals surface area (Å²) in [5.74, 6) is 0.347. The van der Waals surface area contributed by atoms with Crippen molar-refractivity contribution < 1.29 is 5.11 Å². The number of nitrogens with zero attached hydrogens (tertiary/aromatic N) is 1. The van der Waals surface area contributed by atoms with Gasteiger partial charge in [0.15, 0.2) is 0 Å². The molecule has 1 aromatic heterocycles. The van der Waals surface area contributed by atoms with Gasteiger partial charge in [0.05, 0.1) is 6.10 Å². The lowest BCUT2D eigenvalue weighted by molar-refractivity contribution is 0.0492. The van der Waals surface area contributed by atoms with Crippen LogP contribution >= 0.6 is 0 Å². The average molecular weight is 262 g/mol. The van der Waals surface area contributed by atoms with Crippen LogP contribution in [0.15, 0.2) is 24.5 Å². The van der Waals surface area contributed by atoms with E-state index in [4.69, 9.17) is 0 Å². The number of aliphatic hydroxyl groups is 1. The molecule has 0 radical (unpaired) electrons. The first-order valence-corrected chi connectivity index (χ1v) is 7.34. The molecule has 106 valence electrons. The van der Waals surface area contributed by atoms with Gasteiger partial charge >= 0.3 is 0 Å². The molecule has 0 saturated heterocycles. The summed E-state index contributed by atoms with van der Waals surface area (Å²) in [4.78, 5) is 4.04. The van der Waals surface area contributed by atoms with Gasteiger partial charge in [-0.3, -0.25) is 4.98 Å². The first-order valence-electron chi connectivity index (χ1n) is 7.34. The van der Waals surface area contributed by atoms with E-state index in [1.807, 2.05) is 12.4 Å². The van der Waals surface area contributed by atoms with Gasteiger partial charge in [0.1, 0.15) is 0 Å². The fourth-order valence-corrected chi connectivity index (χ4v) is 2.77. The van der Waals surface area contributed by atoms with Crippen LogP contribution in [0.2, 0.25) is 0 Å². The molecule has 1 fully saturated rings. The van der Waals surface area contributed by atoms with Gasteiger partial charge < -0.3 is 10.4 Å². The molecule has 2 rings (SSSR count). The van der Waals surface area contributed by atoms with Crippen LogP contribution in [-0.2, 0) is 6.42 Å². The van der Waals surface area contributed by atoms with Crippen molar-refractivity contribution in [3.05, 3.63) is 30.1 Å². The van der Waals surface area contributed by atoms with Gasteiger partial charge in [-0.15, -0.1) is 0 Å². The first kappa shape index (κ1) is 14.5. The highest BCUT2D eigenvalue weighted by atomic mass is 16.3. The summed E-state index contributed by atoms with van der Waals surface area (Å²) in [5, 5.41) is 13.9. The van der Waals surface area contributed by atoms with E-state index in [2.05, 4.69) is 43.2 Å². The molecule has 19 heavy (non-hydrogen) atoms. The minimum Gasteiger partial charge on any atom is -0.392 e. The summed E-state index contributed by atoms with van der Waals surface area (Å²) in [6.07, 6.45) is 6.83. The van der Waals surface area contributed by atoms with Crippen molar-refractivity contribution in [3.8, 4) is 0 Å². The van der Waals surface area contributed by atoms with Crippen LogP contribution in [-0.4, -0.2) is 28.8 Å². The molecule has 1 saturated carbocycles. The molecule has 2 N–H and O–H groups in total. The minimum absolute atomic E-state index is 0.140. The highest BCUT2D eigenvalue weighted by molar-refractivity contribution is 5.11. The van der Waals surface area contributed by atoms with Crippen LogP contribution in [0.5, 0.6) is 0 Å². The van der Waals surface area contributed by atoms with Crippen molar-refractivity contribution in [2.75, 3.05) is 6.54 Å². The van der Waals surface area contributed by atoms with Gasteiger partial charge in [0.2, 0.25) is 0 Å². The zero-order chi connectivity index (χ0) is 13.9. The molecule has 0 amide bonds. The zero-order valence-corrected chi connectivity index (χ0v) is 12.3. The maximum Gasteiger partial charge on any atom is 0.0631 e. The lowest BCUT2D eigenvalue weighted by Crippen LogP contribution is -2.40. The van der Waals surface area contributed by atoms with Crippen LogP contribution in [0.1, 0.15) is 39.2 Å². The van der Waals surface area contributed by atoms with E-state index in [0.29, 0.717) is 12.0 Å². The summed E-state index contributed by atoms with van der Waals surface area (Å²) in [6.45, 7) is 7.34. The molecule has 0 unspecified atom stereocenters. The SMILES string of the molecule is CC(C)[C@H](O)C1(CN[C@H](C)Cc2ccncc2)CC1. The van der Waals surface area contributed by atoms with E-state index in [0.717, 1.165) is 25.8 Å². The molecule has 3 nitrogen and oxygen atoms in total. The normalized spacial score (nSPS) is 20.3. The van der Waals surface area contributed by atoms with E-state index >= 15 is 0 Å². The van der Waals surface area contributed by atoms with Crippen molar-refractivity contribution in [2.24, 2.45) is 11.3 Å². The summed E-state index contributed by atoms with van der Waals surface area (Å²) < 4.78 is 0. The molecule has 0 aromatic carbocycles. The standard InChI is InChI=1S/C16H26N2O/c1-12(2)15(19)16(6-7-16)11-18-13(3)10-14-4-8-17-9-5-14/h4-5,8-9,12-13,15,18-19H,6-7,10-11H2,1-3H3/t13-,15+/m1/s1. The summed E-state index contributed by atoms with van der Waals surface area (Å²) in [7, 11) is 0. The lowest BCUT2D eigenvalue weighted by atomic mass is 9.90. The Labute approximate surface area is 116 Å². The third kappa shape index (κ3) is 3.77.